The van der Waals surface area contributed by atoms with Crippen LogP contribution >= 0.6 is 11.3 Å². The first kappa shape index (κ1) is 9.85. The molecule has 0 spiro atoms. The maximum absolute atomic E-state index is 9.57. The van der Waals surface area contributed by atoms with E-state index in [0.29, 0.717) is 10.7 Å². The Morgan fingerprint density at radius 3 is 2.73 bits per heavy atom. The lowest BCUT2D eigenvalue weighted by atomic mass is 10.3. The molecule has 0 fully saturated rings. The Kier molecular flexibility index (Phi) is 2.51. The van der Waals surface area contributed by atoms with Crippen molar-refractivity contribution >= 4 is 16.5 Å². The molecule has 0 saturated heterocycles. The lowest BCUT2D eigenvalue weighted by Crippen LogP contribution is -2.07. The van der Waals surface area contributed by atoms with Crippen LogP contribution in [0.5, 0.6) is 5.75 Å². The second-order valence-corrected chi connectivity index (χ2v) is 4.11. The van der Waals surface area contributed by atoms with Crippen molar-refractivity contribution in [1.82, 2.24) is 15.2 Å². The monoisotopic (exact) mass is 222 g/mol. The Labute approximate surface area is 91.0 Å². The van der Waals surface area contributed by atoms with Gasteiger partial charge in [0.15, 0.2) is 5.01 Å². The van der Waals surface area contributed by atoms with E-state index in [9.17, 15) is 5.11 Å². The van der Waals surface area contributed by atoms with Crippen LogP contribution < -0.4 is 4.90 Å². The molecule has 0 unspecified atom stereocenters. The second-order valence-electron chi connectivity index (χ2n) is 3.16. The van der Waals surface area contributed by atoms with Crippen LogP contribution in [0.2, 0.25) is 0 Å². The third-order valence-electron chi connectivity index (χ3n) is 1.79. The van der Waals surface area contributed by atoms with Crippen molar-refractivity contribution in [3.05, 3.63) is 18.3 Å². The minimum Gasteiger partial charge on any atom is -0.506 e. The summed E-state index contributed by atoms with van der Waals surface area (Å²) in [4.78, 5) is 5.92. The molecule has 0 radical (unpaired) electrons. The molecule has 0 aliphatic carbocycles. The van der Waals surface area contributed by atoms with Gasteiger partial charge in [-0.15, -0.1) is 10.2 Å². The molecule has 0 aliphatic rings. The standard InChI is InChI=1S/C9H10N4OS/c1-13(2)9-12-11-8(15-9)7-6(14)4-3-5-10-7/h3-5,14H,1-2H3. The number of anilines is 1. The number of aromatic nitrogens is 3. The number of hydrogen-bond acceptors (Lipinski definition) is 6. The molecular weight excluding hydrogens is 212 g/mol. The van der Waals surface area contributed by atoms with Crippen molar-refractivity contribution in [2.24, 2.45) is 0 Å². The minimum absolute atomic E-state index is 0.124. The van der Waals surface area contributed by atoms with Gasteiger partial charge >= 0.3 is 0 Å². The van der Waals surface area contributed by atoms with Crippen LogP contribution in [0, 0.1) is 0 Å². The van der Waals surface area contributed by atoms with E-state index in [4.69, 9.17) is 0 Å². The first-order valence-electron chi connectivity index (χ1n) is 4.33. The van der Waals surface area contributed by atoms with Crippen LogP contribution in [0.15, 0.2) is 18.3 Å². The van der Waals surface area contributed by atoms with Gasteiger partial charge in [-0.05, 0) is 12.1 Å². The summed E-state index contributed by atoms with van der Waals surface area (Å²) in [6.45, 7) is 0. The Morgan fingerprint density at radius 1 is 1.33 bits per heavy atom. The van der Waals surface area contributed by atoms with Gasteiger partial charge in [0.2, 0.25) is 5.13 Å². The van der Waals surface area contributed by atoms with Gasteiger partial charge < -0.3 is 10.0 Å². The zero-order chi connectivity index (χ0) is 10.8. The van der Waals surface area contributed by atoms with E-state index in [0.717, 1.165) is 5.13 Å². The number of nitrogens with zero attached hydrogens (tertiary/aromatic N) is 4. The quantitative estimate of drug-likeness (QED) is 0.831. The Balaban J connectivity index is 2.42. The van der Waals surface area contributed by atoms with Gasteiger partial charge in [0.25, 0.3) is 0 Å². The van der Waals surface area contributed by atoms with Gasteiger partial charge in [0.1, 0.15) is 11.4 Å². The van der Waals surface area contributed by atoms with Gasteiger partial charge in [0.05, 0.1) is 0 Å². The molecule has 0 bridgehead atoms. The molecule has 5 nitrogen and oxygen atoms in total. The van der Waals surface area contributed by atoms with Crippen LogP contribution in [-0.4, -0.2) is 34.4 Å². The van der Waals surface area contributed by atoms with Crippen LogP contribution in [-0.2, 0) is 0 Å². The van der Waals surface area contributed by atoms with Crippen molar-refractivity contribution in [1.29, 1.82) is 0 Å². The van der Waals surface area contributed by atoms with Crippen LogP contribution in [0.4, 0.5) is 5.13 Å². The predicted molar refractivity (Wildman–Crippen MR) is 59.1 cm³/mol. The van der Waals surface area contributed by atoms with Crippen molar-refractivity contribution < 1.29 is 5.11 Å². The van der Waals surface area contributed by atoms with E-state index in [1.807, 2.05) is 19.0 Å². The fraction of sp³-hybridized carbons (Fsp3) is 0.222. The first-order chi connectivity index (χ1) is 7.18. The van der Waals surface area contributed by atoms with Crippen molar-refractivity contribution in [2.75, 3.05) is 19.0 Å². The van der Waals surface area contributed by atoms with E-state index in [2.05, 4.69) is 15.2 Å². The largest absolute Gasteiger partial charge is 0.506 e. The molecule has 6 heteroatoms. The van der Waals surface area contributed by atoms with E-state index in [1.165, 1.54) is 11.3 Å². The van der Waals surface area contributed by atoms with Gasteiger partial charge in [-0.3, -0.25) is 0 Å². The summed E-state index contributed by atoms with van der Waals surface area (Å²) in [7, 11) is 3.78. The summed E-state index contributed by atoms with van der Waals surface area (Å²) in [6, 6.07) is 3.26. The first-order valence-corrected chi connectivity index (χ1v) is 5.15. The van der Waals surface area contributed by atoms with Crippen molar-refractivity contribution in [3.8, 4) is 16.5 Å². The molecular formula is C9H10N4OS. The Morgan fingerprint density at radius 2 is 2.13 bits per heavy atom. The van der Waals surface area contributed by atoms with E-state index >= 15 is 0 Å². The fourth-order valence-electron chi connectivity index (χ4n) is 1.05. The molecule has 2 rings (SSSR count). The van der Waals surface area contributed by atoms with Gasteiger partial charge in [-0.25, -0.2) is 4.98 Å². The highest BCUT2D eigenvalue weighted by Crippen LogP contribution is 2.31. The molecule has 15 heavy (non-hydrogen) atoms. The molecule has 0 atom stereocenters. The summed E-state index contributed by atoms with van der Waals surface area (Å²) in [6.07, 6.45) is 1.62. The molecule has 0 aliphatic heterocycles. The summed E-state index contributed by atoms with van der Waals surface area (Å²) in [5.74, 6) is 0.124. The van der Waals surface area contributed by atoms with E-state index < -0.39 is 0 Å². The summed E-state index contributed by atoms with van der Waals surface area (Å²) < 4.78 is 0. The molecule has 0 amide bonds. The number of pyridine rings is 1. The molecule has 1 N–H and O–H groups in total. The SMILES string of the molecule is CN(C)c1nnc(-c2ncccc2O)s1. The molecule has 2 heterocycles. The van der Waals surface area contributed by atoms with Crippen LogP contribution in [0.1, 0.15) is 0 Å². The van der Waals surface area contributed by atoms with Crippen LogP contribution in [0.3, 0.4) is 0 Å². The van der Waals surface area contributed by atoms with Crippen molar-refractivity contribution in [3.63, 3.8) is 0 Å². The Hall–Kier alpha value is -1.69. The Bertz CT molecular complexity index is 469. The minimum atomic E-state index is 0.124. The topological polar surface area (TPSA) is 62.1 Å². The normalized spacial score (nSPS) is 10.3. The molecule has 0 aromatic carbocycles. The third kappa shape index (κ3) is 1.89. The van der Waals surface area contributed by atoms with Gasteiger partial charge in [-0.2, -0.15) is 0 Å². The zero-order valence-electron chi connectivity index (χ0n) is 8.38. The average molecular weight is 222 g/mol. The van der Waals surface area contributed by atoms with E-state index in [-0.39, 0.29) is 5.75 Å². The highest BCUT2D eigenvalue weighted by molar-refractivity contribution is 7.18. The highest BCUT2D eigenvalue weighted by Gasteiger charge is 2.12. The highest BCUT2D eigenvalue weighted by atomic mass is 32.1. The molecule has 2 aromatic heterocycles. The predicted octanol–water partition coefficient (Wildman–Crippen LogP) is 1.37. The smallest absolute Gasteiger partial charge is 0.208 e. The fourth-order valence-corrected chi connectivity index (χ4v) is 1.83. The third-order valence-corrected chi connectivity index (χ3v) is 2.88. The van der Waals surface area contributed by atoms with E-state index in [1.54, 1.807) is 18.3 Å². The maximum Gasteiger partial charge on any atom is 0.208 e. The number of aromatic hydroxyl groups is 1. The van der Waals surface area contributed by atoms with Crippen LogP contribution in [0.25, 0.3) is 10.7 Å². The summed E-state index contributed by atoms with van der Waals surface area (Å²) in [5.41, 5.74) is 0.475. The zero-order valence-corrected chi connectivity index (χ0v) is 9.19. The van der Waals surface area contributed by atoms with Gasteiger partial charge in [-0.1, -0.05) is 11.3 Å². The second kappa shape index (κ2) is 3.82. The summed E-state index contributed by atoms with van der Waals surface area (Å²) in [5, 5.41) is 18.9. The number of hydrogen-bond donors (Lipinski definition) is 1. The van der Waals surface area contributed by atoms with Gasteiger partial charge in [0, 0.05) is 20.3 Å². The summed E-state index contributed by atoms with van der Waals surface area (Å²) >= 11 is 1.39. The molecule has 0 saturated carbocycles. The van der Waals surface area contributed by atoms with Crippen molar-refractivity contribution in [2.45, 2.75) is 0 Å². The average Bonchev–Trinajstić information content (AvgIpc) is 2.67. The maximum atomic E-state index is 9.57. The lowest BCUT2D eigenvalue weighted by molar-refractivity contribution is 0.475. The molecule has 78 valence electrons. The lowest BCUT2D eigenvalue weighted by Gasteiger charge is -2.03. The number of rotatable bonds is 2. The molecule has 2 aromatic rings.